The molecule has 0 radical (unpaired) electrons. The molecule has 1 N–H and O–H groups in total. The Morgan fingerprint density at radius 1 is 1.24 bits per heavy atom. The van der Waals surface area contributed by atoms with Gasteiger partial charge in [-0.25, -0.2) is 9.78 Å². The van der Waals surface area contributed by atoms with Gasteiger partial charge in [0.15, 0.2) is 5.69 Å². The minimum absolute atomic E-state index is 0.120. The Hall–Kier alpha value is -2.10. The fourth-order valence-electron chi connectivity index (χ4n) is 3.39. The predicted octanol–water partition coefficient (Wildman–Crippen LogP) is 3.42. The number of piperidine rings is 1. The van der Waals surface area contributed by atoms with E-state index in [1.165, 1.54) is 6.42 Å². The first-order chi connectivity index (χ1) is 10.0. The smallest absolute Gasteiger partial charge is 0.354 e. The van der Waals surface area contributed by atoms with E-state index in [9.17, 15) is 9.90 Å². The maximum Gasteiger partial charge on any atom is 0.354 e. The molecule has 1 aliphatic rings. The van der Waals surface area contributed by atoms with Crippen molar-refractivity contribution in [2.24, 2.45) is 11.8 Å². The van der Waals surface area contributed by atoms with Gasteiger partial charge in [0, 0.05) is 24.2 Å². The van der Waals surface area contributed by atoms with E-state index in [2.05, 4.69) is 23.7 Å². The maximum atomic E-state index is 11.3. The van der Waals surface area contributed by atoms with Gasteiger partial charge < -0.3 is 10.0 Å². The van der Waals surface area contributed by atoms with Gasteiger partial charge in [-0.2, -0.15) is 0 Å². The van der Waals surface area contributed by atoms with Gasteiger partial charge in [-0.3, -0.25) is 0 Å². The van der Waals surface area contributed by atoms with Gasteiger partial charge in [0.1, 0.15) is 0 Å². The lowest BCUT2D eigenvalue weighted by Crippen LogP contribution is -2.39. The second kappa shape index (κ2) is 5.35. The Balaban J connectivity index is 2.13. The second-order valence-electron chi connectivity index (χ2n) is 6.20. The largest absolute Gasteiger partial charge is 0.477 e. The van der Waals surface area contributed by atoms with Gasteiger partial charge in [-0.15, -0.1) is 0 Å². The number of fused-ring (bicyclic) bond motifs is 1. The Bertz CT molecular complexity index is 674. The van der Waals surface area contributed by atoms with Crippen LogP contribution in [0.3, 0.4) is 0 Å². The van der Waals surface area contributed by atoms with E-state index in [0.29, 0.717) is 11.8 Å². The van der Waals surface area contributed by atoms with Crippen molar-refractivity contribution in [2.45, 2.75) is 20.3 Å². The highest BCUT2D eigenvalue weighted by Gasteiger charge is 2.24. The third-order valence-electron chi connectivity index (χ3n) is 4.12. The molecule has 3 rings (SSSR count). The molecule has 1 fully saturated rings. The van der Waals surface area contributed by atoms with Gasteiger partial charge in [0.05, 0.1) is 5.52 Å². The van der Waals surface area contributed by atoms with Gasteiger partial charge in [0.25, 0.3) is 0 Å². The van der Waals surface area contributed by atoms with Gasteiger partial charge in [-0.1, -0.05) is 32.0 Å². The number of carboxylic acids is 1. The normalized spacial score (nSPS) is 22.5. The average molecular weight is 284 g/mol. The number of benzene rings is 1. The molecule has 1 aliphatic heterocycles. The van der Waals surface area contributed by atoms with E-state index >= 15 is 0 Å². The van der Waals surface area contributed by atoms with Crippen molar-refractivity contribution in [3.8, 4) is 0 Å². The zero-order valence-electron chi connectivity index (χ0n) is 12.4. The van der Waals surface area contributed by atoms with Crippen LogP contribution in [0.1, 0.15) is 30.8 Å². The molecule has 1 aromatic heterocycles. The molecular weight excluding hydrogens is 264 g/mol. The summed E-state index contributed by atoms with van der Waals surface area (Å²) in [6.07, 6.45) is 1.23. The minimum atomic E-state index is -0.972. The van der Waals surface area contributed by atoms with Crippen LogP contribution in [0.25, 0.3) is 10.9 Å². The minimum Gasteiger partial charge on any atom is -0.477 e. The zero-order chi connectivity index (χ0) is 15.0. The summed E-state index contributed by atoms with van der Waals surface area (Å²) in [7, 11) is 0. The summed E-state index contributed by atoms with van der Waals surface area (Å²) in [5, 5.41) is 10.3. The molecule has 2 atom stereocenters. The second-order valence-corrected chi connectivity index (χ2v) is 6.20. The Morgan fingerprint density at radius 3 is 2.57 bits per heavy atom. The maximum absolute atomic E-state index is 11.3. The first-order valence-electron chi connectivity index (χ1n) is 7.42. The van der Waals surface area contributed by atoms with Crippen molar-refractivity contribution in [3.63, 3.8) is 0 Å². The van der Waals surface area contributed by atoms with Gasteiger partial charge in [0.2, 0.25) is 0 Å². The molecule has 0 aliphatic carbocycles. The molecule has 1 aromatic carbocycles. The van der Waals surface area contributed by atoms with E-state index in [1.807, 2.05) is 24.3 Å². The number of hydrogen-bond acceptors (Lipinski definition) is 3. The van der Waals surface area contributed by atoms with Crippen molar-refractivity contribution in [2.75, 3.05) is 18.0 Å². The Kier molecular flexibility index (Phi) is 3.53. The van der Waals surface area contributed by atoms with E-state index < -0.39 is 5.97 Å². The van der Waals surface area contributed by atoms with Crippen LogP contribution in [0, 0.1) is 11.8 Å². The first kappa shape index (κ1) is 13.9. The fraction of sp³-hybridized carbons (Fsp3) is 0.412. The highest BCUT2D eigenvalue weighted by molar-refractivity contribution is 5.97. The molecule has 0 saturated carbocycles. The summed E-state index contributed by atoms with van der Waals surface area (Å²) >= 11 is 0. The van der Waals surface area contributed by atoms with E-state index in [4.69, 9.17) is 0 Å². The van der Waals surface area contributed by atoms with Crippen molar-refractivity contribution in [1.82, 2.24) is 4.98 Å². The van der Waals surface area contributed by atoms with Gasteiger partial charge >= 0.3 is 5.97 Å². The van der Waals surface area contributed by atoms with E-state index in [-0.39, 0.29) is 5.69 Å². The van der Waals surface area contributed by atoms with E-state index in [1.54, 1.807) is 6.07 Å². The molecule has 21 heavy (non-hydrogen) atoms. The molecule has 4 nitrogen and oxygen atoms in total. The van der Waals surface area contributed by atoms with Crippen LogP contribution >= 0.6 is 0 Å². The van der Waals surface area contributed by atoms with Crippen LogP contribution in [-0.2, 0) is 0 Å². The van der Waals surface area contributed by atoms with Crippen LogP contribution in [0.4, 0.5) is 5.69 Å². The standard InChI is InChI=1S/C17H20N2O2/c1-11-7-12(2)10-19(9-11)16-8-15(17(20)21)18-14-6-4-3-5-13(14)16/h3-6,8,11-12H,7,9-10H2,1-2H3,(H,20,21). The third kappa shape index (κ3) is 2.71. The molecule has 110 valence electrons. The summed E-state index contributed by atoms with van der Waals surface area (Å²) in [5.41, 5.74) is 1.87. The third-order valence-corrected chi connectivity index (χ3v) is 4.12. The lowest BCUT2D eigenvalue weighted by atomic mass is 9.91. The lowest BCUT2D eigenvalue weighted by molar-refractivity contribution is 0.0691. The molecule has 1 saturated heterocycles. The summed E-state index contributed by atoms with van der Waals surface area (Å²) in [4.78, 5) is 17.9. The number of nitrogens with zero attached hydrogens (tertiary/aromatic N) is 2. The SMILES string of the molecule is CC1CC(C)CN(c2cc(C(=O)O)nc3ccccc23)C1. The molecule has 2 aromatic rings. The van der Waals surface area contributed by atoms with Crippen molar-refractivity contribution in [1.29, 1.82) is 0 Å². The first-order valence-corrected chi connectivity index (χ1v) is 7.42. The molecule has 2 unspecified atom stereocenters. The molecule has 0 bridgehead atoms. The number of pyridine rings is 1. The van der Waals surface area contributed by atoms with Crippen LogP contribution < -0.4 is 4.90 Å². The average Bonchev–Trinajstić information content (AvgIpc) is 2.45. The molecule has 4 heteroatoms. The zero-order valence-corrected chi connectivity index (χ0v) is 12.4. The number of carbonyl (C=O) groups is 1. The number of aromatic carboxylic acids is 1. The van der Waals surface area contributed by atoms with E-state index in [0.717, 1.165) is 29.7 Å². The summed E-state index contributed by atoms with van der Waals surface area (Å²) in [6, 6.07) is 9.49. The summed E-state index contributed by atoms with van der Waals surface area (Å²) in [5.74, 6) is 0.267. The predicted molar refractivity (Wildman–Crippen MR) is 83.9 cm³/mol. The fourth-order valence-corrected chi connectivity index (χ4v) is 3.39. The monoisotopic (exact) mass is 284 g/mol. The van der Waals surface area contributed by atoms with Gasteiger partial charge in [-0.05, 0) is 30.4 Å². The number of para-hydroxylation sites is 1. The molecular formula is C17H20N2O2. The van der Waals surface area contributed by atoms with Crippen LogP contribution in [0.5, 0.6) is 0 Å². The number of rotatable bonds is 2. The van der Waals surface area contributed by atoms with Crippen LogP contribution in [-0.4, -0.2) is 29.1 Å². The number of carboxylic acid groups (broad SMARTS) is 1. The molecule has 0 spiro atoms. The van der Waals surface area contributed by atoms with Crippen molar-refractivity contribution in [3.05, 3.63) is 36.0 Å². The topological polar surface area (TPSA) is 53.4 Å². The van der Waals surface area contributed by atoms with Crippen molar-refractivity contribution < 1.29 is 9.90 Å². The highest BCUT2D eigenvalue weighted by Crippen LogP contribution is 2.32. The van der Waals surface area contributed by atoms with Crippen LogP contribution in [0.15, 0.2) is 30.3 Å². The number of aromatic nitrogens is 1. The van der Waals surface area contributed by atoms with Crippen LogP contribution in [0.2, 0.25) is 0 Å². The van der Waals surface area contributed by atoms with Crippen molar-refractivity contribution >= 4 is 22.6 Å². The Labute approximate surface area is 124 Å². The summed E-state index contributed by atoms with van der Waals surface area (Å²) < 4.78 is 0. The summed E-state index contributed by atoms with van der Waals surface area (Å²) in [6.45, 7) is 6.45. The number of hydrogen-bond donors (Lipinski definition) is 1. The Morgan fingerprint density at radius 2 is 1.90 bits per heavy atom. The molecule has 0 amide bonds. The number of anilines is 1. The quantitative estimate of drug-likeness (QED) is 0.918. The lowest BCUT2D eigenvalue weighted by Gasteiger charge is -2.37. The highest BCUT2D eigenvalue weighted by atomic mass is 16.4. The molecule has 2 heterocycles.